The summed E-state index contributed by atoms with van der Waals surface area (Å²) in [7, 11) is 14.7. The van der Waals surface area contributed by atoms with E-state index in [0.717, 1.165) is 11.8 Å². The fourth-order valence-electron chi connectivity index (χ4n) is 6.59. The molecule has 2 aliphatic carbocycles. The van der Waals surface area contributed by atoms with Crippen molar-refractivity contribution in [3.63, 3.8) is 0 Å². The van der Waals surface area contributed by atoms with E-state index in [-0.39, 0.29) is 62.8 Å². The minimum Gasteiger partial charge on any atom is -1.00 e. The molecule has 0 bridgehead atoms. The molecule has 4 aliphatic rings. The zero-order chi connectivity index (χ0) is 22.4. The third kappa shape index (κ3) is 18.6. The number of rotatable bonds is 6. The molecule has 0 spiro atoms. The molecule has 2 saturated carbocycles. The molecule has 2 nitrogen and oxygen atoms in total. The molecule has 0 aromatic rings. The van der Waals surface area contributed by atoms with E-state index in [4.69, 9.17) is 18.6 Å². The van der Waals surface area contributed by atoms with Crippen LogP contribution in [0.1, 0.15) is 103 Å². The molecule has 0 radical (unpaired) electrons. The van der Waals surface area contributed by atoms with Gasteiger partial charge in [0.05, 0.1) is 53.4 Å². The van der Waals surface area contributed by atoms with Crippen LogP contribution in [0.3, 0.4) is 0 Å². The van der Waals surface area contributed by atoms with Gasteiger partial charge in [-0.2, -0.15) is 0 Å². The van der Waals surface area contributed by atoms with Gasteiger partial charge in [0, 0.05) is 0 Å². The van der Waals surface area contributed by atoms with Crippen LogP contribution in [-0.4, -0.2) is 62.3 Å². The van der Waals surface area contributed by atoms with Gasteiger partial charge in [-0.25, -0.2) is 0 Å². The van der Waals surface area contributed by atoms with Crippen molar-refractivity contribution in [2.75, 3.05) is 53.4 Å². The van der Waals surface area contributed by atoms with E-state index in [2.05, 4.69) is 14.1 Å². The summed E-state index contributed by atoms with van der Waals surface area (Å²) < 4.78 is 2.77. The molecule has 0 amide bonds. The van der Waals surface area contributed by atoms with Crippen LogP contribution in [0.4, 0.5) is 0 Å². The maximum absolute atomic E-state index is 4.89. The number of nitrogens with zero attached hydrogens (tertiary/aromatic N) is 2. The normalized spacial score (nSPS) is 22.9. The molecule has 0 unspecified atom stereocenters. The first-order valence-electron chi connectivity index (χ1n) is 13.6. The average Bonchev–Trinajstić information content (AvgIpc) is 3.48. The summed E-state index contributed by atoms with van der Waals surface area (Å²) in [6.07, 6.45) is 24.0. The van der Waals surface area contributed by atoms with Crippen LogP contribution in [0.15, 0.2) is 0 Å². The number of halogens is 4. The van der Waals surface area contributed by atoms with Crippen molar-refractivity contribution in [3.8, 4) is 0 Å². The standard InChI is InChI=1S/2C13H26N.2CH3.2ClH.2HI.Ti/c2*1-14(10-5-2-6-11-14)12-9-13-7-3-4-8-13;;;;;;;/h2*13H,2-12H2,1H3;2*1H3;4*1H;/q2*+1;2*-1;;;;;+2/p-4. The largest absolute Gasteiger partial charge is 1.00 e. The summed E-state index contributed by atoms with van der Waals surface area (Å²) in [4.78, 5) is 0. The van der Waals surface area contributed by atoms with E-state index >= 15 is 0 Å². The average molecular weight is 795 g/mol. The molecule has 4 rings (SSSR count). The van der Waals surface area contributed by atoms with Crippen molar-refractivity contribution in [2.45, 2.75) is 103 Å². The predicted octanol–water partition coefficient (Wildman–Crippen LogP) is 2.68. The molecule has 2 aliphatic heterocycles. The van der Waals surface area contributed by atoms with Gasteiger partial charge in [0.25, 0.3) is 0 Å². The van der Waals surface area contributed by atoms with Crippen molar-refractivity contribution in [2.24, 2.45) is 11.8 Å². The molecular weight excluding hydrogens is 737 g/mol. The second-order valence-electron chi connectivity index (χ2n) is 11.7. The fraction of sp³-hybridized carbons (Fsp3) is 0.929. The minimum atomic E-state index is -0.556. The number of hydrogen-bond acceptors (Lipinski definition) is 0. The van der Waals surface area contributed by atoms with E-state index < -0.39 is 17.0 Å². The van der Waals surface area contributed by atoms with Crippen LogP contribution in [0.25, 0.3) is 0 Å². The number of quaternary nitrogens is 2. The van der Waals surface area contributed by atoms with Gasteiger partial charge in [-0.15, -0.1) is 0 Å². The molecule has 214 valence electrons. The second-order valence-corrected chi connectivity index (χ2v) is 14.2. The first-order valence-corrected chi connectivity index (χ1v) is 17.9. The summed E-state index contributed by atoms with van der Waals surface area (Å²) in [5, 5.41) is 0. The number of piperidine rings is 2. The molecule has 35 heavy (non-hydrogen) atoms. The number of hydrogen-bond donors (Lipinski definition) is 0. The number of likely N-dealkylation sites (tertiary alicyclic amines) is 2. The summed E-state index contributed by atoms with van der Waals surface area (Å²) in [6.45, 7) is 8.73. The van der Waals surface area contributed by atoms with E-state index in [1.807, 2.05) is 0 Å². The Morgan fingerprint density at radius 2 is 0.800 bits per heavy atom. The molecule has 0 aromatic heterocycles. The van der Waals surface area contributed by atoms with E-state index in [1.54, 1.807) is 0 Å². The van der Waals surface area contributed by atoms with Crippen LogP contribution < -0.4 is 48.0 Å². The zero-order valence-corrected chi connectivity index (χ0v) is 31.0. The Kier molecular flexibility index (Phi) is 29.5. The molecule has 2 heterocycles. The summed E-state index contributed by atoms with van der Waals surface area (Å²) >= 11 is -0.556. The van der Waals surface area contributed by atoms with Crippen LogP contribution in [0.2, 0.25) is 0 Å². The molecule has 0 N–H and O–H groups in total. The van der Waals surface area contributed by atoms with Gasteiger partial charge in [-0.1, -0.05) is 51.4 Å². The quantitative estimate of drug-likeness (QED) is 0.168. The third-order valence-electron chi connectivity index (χ3n) is 8.90. The molecule has 2 saturated heterocycles. The summed E-state index contributed by atoms with van der Waals surface area (Å²) in [5.74, 6) is 2.18. The van der Waals surface area contributed by atoms with Crippen molar-refractivity contribution < 1.29 is 74.0 Å². The maximum Gasteiger partial charge on any atom is -1.00 e. The van der Waals surface area contributed by atoms with E-state index in [1.165, 1.54) is 151 Å². The third-order valence-corrected chi connectivity index (χ3v) is 8.90. The second kappa shape index (κ2) is 24.5. The maximum atomic E-state index is 4.89. The van der Waals surface area contributed by atoms with Gasteiger partial charge in [0.2, 0.25) is 0 Å². The van der Waals surface area contributed by atoms with Crippen molar-refractivity contribution in [1.82, 2.24) is 0 Å². The summed E-state index contributed by atoms with van der Waals surface area (Å²) in [6, 6.07) is 0. The SMILES string of the molecule is C[N+]1(CCC2CCCC2)CCCCC1.C[N+]1(CCC2CCCC2)CCCCC1.[CH3-].[CH3-].[Cl][Ti][Cl].[I-].[I-]. The molecule has 0 aromatic carbocycles. The Bertz CT molecular complexity index is 410. The molecule has 0 atom stereocenters. The Hall–Kier alpha value is 2.67. The minimum absolute atomic E-state index is 0. The van der Waals surface area contributed by atoms with E-state index in [0.29, 0.717) is 0 Å². The topological polar surface area (TPSA) is 0 Å². The van der Waals surface area contributed by atoms with Crippen molar-refractivity contribution in [1.29, 1.82) is 0 Å². The molecule has 4 fully saturated rings. The summed E-state index contributed by atoms with van der Waals surface area (Å²) in [5.41, 5.74) is 0. The van der Waals surface area contributed by atoms with Crippen LogP contribution in [-0.2, 0) is 17.0 Å². The van der Waals surface area contributed by atoms with Gasteiger partial charge in [-0.3, -0.25) is 0 Å². The molecule has 7 heteroatoms. The van der Waals surface area contributed by atoms with E-state index in [9.17, 15) is 0 Å². The predicted molar refractivity (Wildman–Crippen MR) is 147 cm³/mol. The Morgan fingerprint density at radius 3 is 1.06 bits per heavy atom. The Morgan fingerprint density at radius 1 is 0.543 bits per heavy atom. The van der Waals surface area contributed by atoms with Gasteiger partial charge in [0.15, 0.2) is 0 Å². The van der Waals surface area contributed by atoms with Crippen molar-refractivity contribution >= 4 is 18.6 Å². The van der Waals surface area contributed by atoms with Gasteiger partial charge >= 0.3 is 35.6 Å². The van der Waals surface area contributed by atoms with Gasteiger partial charge in [0.1, 0.15) is 0 Å². The molecular formula is C28H58Cl2I2N2Ti-2. The first kappa shape index (κ1) is 42.1. The zero-order valence-electron chi connectivity index (χ0n) is 23.6. The smallest absolute Gasteiger partial charge is 1.00 e. The van der Waals surface area contributed by atoms with Crippen LogP contribution >= 0.6 is 18.6 Å². The monoisotopic (exact) mass is 794 g/mol. The Labute approximate surface area is 272 Å². The van der Waals surface area contributed by atoms with Gasteiger partial charge in [-0.05, 0) is 63.2 Å². The fourth-order valence-corrected chi connectivity index (χ4v) is 6.59. The van der Waals surface area contributed by atoms with Crippen LogP contribution in [0.5, 0.6) is 0 Å². The van der Waals surface area contributed by atoms with Crippen LogP contribution in [0, 0.1) is 26.7 Å². The van der Waals surface area contributed by atoms with Gasteiger partial charge < -0.3 is 71.8 Å². The first-order chi connectivity index (χ1) is 15.0. The Balaban J connectivity index is -0.000000477. The van der Waals surface area contributed by atoms with Crippen molar-refractivity contribution in [3.05, 3.63) is 14.9 Å².